The summed E-state index contributed by atoms with van der Waals surface area (Å²) in [5, 5.41) is 10.9. The van der Waals surface area contributed by atoms with E-state index in [2.05, 4.69) is 0 Å². The Morgan fingerprint density at radius 2 is 1.96 bits per heavy atom. The minimum absolute atomic E-state index is 0.0726. The lowest BCUT2D eigenvalue weighted by molar-refractivity contribution is -0.384. The molecule has 0 aliphatic carbocycles. The zero-order valence-electron chi connectivity index (χ0n) is 14.6. The summed E-state index contributed by atoms with van der Waals surface area (Å²) in [6.45, 7) is 5.53. The van der Waals surface area contributed by atoms with E-state index in [1.165, 1.54) is 29.2 Å². The number of nitro benzene ring substituents is 1. The van der Waals surface area contributed by atoms with Crippen molar-refractivity contribution < 1.29 is 24.0 Å². The maximum atomic E-state index is 12.7. The first-order valence-electron chi connectivity index (χ1n) is 8.26. The van der Waals surface area contributed by atoms with Crippen molar-refractivity contribution in [3.8, 4) is 0 Å². The van der Waals surface area contributed by atoms with Crippen LogP contribution < -0.4 is 0 Å². The number of benzene rings is 1. The molecule has 138 valence electrons. The van der Waals surface area contributed by atoms with Gasteiger partial charge >= 0.3 is 5.97 Å². The zero-order valence-corrected chi connectivity index (χ0v) is 14.6. The fourth-order valence-corrected chi connectivity index (χ4v) is 2.21. The molecule has 1 rings (SSSR count). The molecule has 8 nitrogen and oxygen atoms in total. The number of carbonyl (C=O) groups excluding carboxylic acids is 2. The maximum absolute atomic E-state index is 12.7. The van der Waals surface area contributed by atoms with Crippen molar-refractivity contribution in [2.24, 2.45) is 0 Å². The van der Waals surface area contributed by atoms with Gasteiger partial charge in [-0.25, -0.2) is 0 Å². The van der Waals surface area contributed by atoms with Crippen molar-refractivity contribution in [1.29, 1.82) is 0 Å². The van der Waals surface area contributed by atoms with E-state index < -0.39 is 4.92 Å². The molecule has 8 heteroatoms. The number of nitrogens with zero attached hydrogens (tertiary/aromatic N) is 2. The molecular weight excluding hydrogens is 328 g/mol. The van der Waals surface area contributed by atoms with E-state index in [9.17, 15) is 19.7 Å². The standard InChI is InChI=1S/C17H24N2O6/c1-3-24-12-6-10-18(11-9-16(20)25-4-2)17(21)14-7-5-8-15(13-14)19(22)23/h5,7-8,13H,3-4,6,9-12H2,1-2H3. The van der Waals surface area contributed by atoms with E-state index >= 15 is 0 Å². The van der Waals surface area contributed by atoms with Crippen LogP contribution in [0.4, 0.5) is 5.69 Å². The molecule has 1 aromatic rings. The van der Waals surface area contributed by atoms with Crippen LogP contribution in [0.15, 0.2) is 24.3 Å². The predicted octanol–water partition coefficient (Wildman–Crippen LogP) is 2.42. The molecule has 0 unspecified atom stereocenters. The normalized spacial score (nSPS) is 10.3. The van der Waals surface area contributed by atoms with Crippen molar-refractivity contribution >= 4 is 17.6 Å². The van der Waals surface area contributed by atoms with Gasteiger partial charge in [0.2, 0.25) is 0 Å². The highest BCUT2D eigenvalue weighted by Gasteiger charge is 2.19. The molecule has 0 bridgehead atoms. The summed E-state index contributed by atoms with van der Waals surface area (Å²) in [5.74, 6) is -0.742. The average Bonchev–Trinajstić information content (AvgIpc) is 2.61. The van der Waals surface area contributed by atoms with Crippen molar-refractivity contribution in [3.63, 3.8) is 0 Å². The number of hydrogen-bond donors (Lipinski definition) is 0. The Kier molecular flexibility index (Phi) is 9.16. The second-order valence-corrected chi connectivity index (χ2v) is 5.21. The molecule has 0 aromatic heterocycles. The smallest absolute Gasteiger partial charge is 0.307 e. The molecule has 0 N–H and O–H groups in total. The number of nitro groups is 1. The van der Waals surface area contributed by atoms with E-state index in [1.807, 2.05) is 6.92 Å². The zero-order chi connectivity index (χ0) is 18.7. The SMILES string of the molecule is CCOCCCN(CCC(=O)OCC)C(=O)c1cccc([N+](=O)[O-])c1. The molecule has 0 heterocycles. The van der Waals surface area contributed by atoms with Gasteiger partial charge in [0.25, 0.3) is 11.6 Å². The first-order chi connectivity index (χ1) is 12.0. The third-order valence-electron chi connectivity index (χ3n) is 3.40. The summed E-state index contributed by atoms with van der Waals surface area (Å²) in [6, 6.07) is 5.56. The average molecular weight is 352 g/mol. The molecule has 25 heavy (non-hydrogen) atoms. The second kappa shape index (κ2) is 11.1. The van der Waals surface area contributed by atoms with E-state index in [0.29, 0.717) is 26.2 Å². The third-order valence-corrected chi connectivity index (χ3v) is 3.40. The molecule has 0 aliphatic heterocycles. The highest BCUT2D eigenvalue weighted by molar-refractivity contribution is 5.95. The van der Waals surface area contributed by atoms with Crippen molar-refractivity contribution in [2.75, 3.05) is 32.9 Å². The number of rotatable bonds is 11. The third kappa shape index (κ3) is 7.30. The van der Waals surface area contributed by atoms with Crippen LogP contribution in [-0.2, 0) is 14.3 Å². The predicted molar refractivity (Wildman–Crippen MR) is 91.4 cm³/mol. The van der Waals surface area contributed by atoms with E-state index in [0.717, 1.165) is 0 Å². The lowest BCUT2D eigenvalue weighted by Gasteiger charge is -2.22. The van der Waals surface area contributed by atoms with Gasteiger partial charge in [0.1, 0.15) is 0 Å². The fraction of sp³-hybridized carbons (Fsp3) is 0.529. The number of amides is 1. The maximum Gasteiger partial charge on any atom is 0.307 e. The molecule has 1 aromatic carbocycles. The van der Waals surface area contributed by atoms with E-state index in [-0.39, 0.29) is 42.7 Å². The summed E-state index contributed by atoms with van der Waals surface area (Å²) in [7, 11) is 0. The summed E-state index contributed by atoms with van der Waals surface area (Å²) >= 11 is 0. The quantitative estimate of drug-likeness (QED) is 0.262. The van der Waals surface area contributed by atoms with Gasteiger partial charge in [-0.1, -0.05) is 6.07 Å². The van der Waals surface area contributed by atoms with Crippen LogP contribution in [0.25, 0.3) is 0 Å². The highest BCUT2D eigenvalue weighted by Crippen LogP contribution is 2.15. The minimum atomic E-state index is -0.547. The largest absolute Gasteiger partial charge is 0.466 e. The number of non-ortho nitro benzene ring substituents is 1. The Bertz CT molecular complexity index is 590. The molecular formula is C17H24N2O6. The van der Waals surface area contributed by atoms with Gasteiger partial charge in [0, 0.05) is 44.0 Å². The Balaban J connectivity index is 2.80. The van der Waals surface area contributed by atoms with Gasteiger partial charge in [0.15, 0.2) is 0 Å². The number of hydrogen-bond acceptors (Lipinski definition) is 6. The lowest BCUT2D eigenvalue weighted by Crippen LogP contribution is -2.34. The molecule has 0 radical (unpaired) electrons. The molecule has 0 saturated carbocycles. The summed E-state index contributed by atoms with van der Waals surface area (Å²) < 4.78 is 10.1. The van der Waals surface area contributed by atoms with Gasteiger partial charge in [0.05, 0.1) is 18.0 Å². The highest BCUT2D eigenvalue weighted by atomic mass is 16.6. The molecule has 1 amide bonds. The monoisotopic (exact) mass is 352 g/mol. The number of esters is 1. The van der Waals surface area contributed by atoms with Gasteiger partial charge in [-0.3, -0.25) is 19.7 Å². The minimum Gasteiger partial charge on any atom is -0.466 e. The van der Waals surface area contributed by atoms with Crippen LogP contribution in [0, 0.1) is 10.1 Å². The molecule has 0 fully saturated rings. The number of carbonyl (C=O) groups is 2. The van der Waals surface area contributed by atoms with Crippen LogP contribution in [-0.4, -0.2) is 54.6 Å². The fourth-order valence-electron chi connectivity index (χ4n) is 2.21. The molecule has 0 spiro atoms. The van der Waals surface area contributed by atoms with E-state index in [1.54, 1.807) is 6.92 Å². The number of ether oxygens (including phenoxy) is 2. The second-order valence-electron chi connectivity index (χ2n) is 5.21. The summed E-state index contributed by atoms with van der Waals surface area (Å²) in [5.41, 5.74) is 0.0694. The first kappa shape index (κ1) is 20.6. The van der Waals surface area contributed by atoms with Gasteiger partial charge in [-0.15, -0.1) is 0 Å². The van der Waals surface area contributed by atoms with Gasteiger partial charge in [-0.05, 0) is 26.3 Å². The van der Waals surface area contributed by atoms with Crippen LogP contribution >= 0.6 is 0 Å². The van der Waals surface area contributed by atoms with Crippen molar-refractivity contribution in [2.45, 2.75) is 26.7 Å². The molecule has 0 aliphatic rings. The van der Waals surface area contributed by atoms with Crippen molar-refractivity contribution in [3.05, 3.63) is 39.9 Å². The van der Waals surface area contributed by atoms with Crippen LogP contribution in [0.5, 0.6) is 0 Å². The van der Waals surface area contributed by atoms with E-state index in [4.69, 9.17) is 9.47 Å². The Morgan fingerprint density at radius 3 is 2.60 bits per heavy atom. The van der Waals surface area contributed by atoms with Gasteiger partial charge in [-0.2, -0.15) is 0 Å². The summed E-state index contributed by atoms with van der Waals surface area (Å²) in [6.07, 6.45) is 0.681. The summed E-state index contributed by atoms with van der Waals surface area (Å²) in [4.78, 5) is 36.0. The first-order valence-corrected chi connectivity index (χ1v) is 8.26. The van der Waals surface area contributed by atoms with Gasteiger partial charge < -0.3 is 14.4 Å². The van der Waals surface area contributed by atoms with Crippen LogP contribution in [0.2, 0.25) is 0 Å². The van der Waals surface area contributed by atoms with Crippen LogP contribution in [0.1, 0.15) is 37.0 Å². The van der Waals surface area contributed by atoms with Crippen molar-refractivity contribution in [1.82, 2.24) is 4.90 Å². The topological polar surface area (TPSA) is 99.0 Å². The van der Waals surface area contributed by atoms with Crippen LogP contribution in [0.3, 0.4) is 0 Å². The Hall–Kier alpha value is -2.48. The Morgan fingerprint density at radius 1 is 1.20 bits per heavy atom. The molecule has 0 saturated heterocycles. The lowest BCUT2D eigenvalue weighted by atomic mass is 10.1. The Labute approximate surface area is 146 Å². The molecule has 0 atom stereocenters.